The molecule has 20 heavy (non-hydrogen) atoms. The molecule has 4 heteroatoms. The van der Waals surface area contributed by atoms with E-state index in [1.165, 1.54) is 10.8 Å². The lowest BCUT2D eigenvalue weighted by atomic mass is 10.1. The maximum atomic E-state index is 11.8. The van der Waals surface area contributed by atoms with Crippen molar-refractivity contribution in [1.29, 1.82) is 0 Å². The lowest BCUT2D eigenvalue weighted by molar-refractivity contribution is 0.583. The summed E-state index contributed by atoms with van der Waals surface area (Å²) in [6.07, 6.45) is 4.59. The van der Waals surface area contributed by atoms with E-state index in [4.69, 9.17) is 0 Å². The van der Waals surface area contributed by atoms with E-state index in [0.717, 1.165) is 12.0 Å². The van der Waals surface area contributed by atoms with Crippen LogP contribution in [-0.4, -0.2) is 25.3 Å². The fraction of sp³-hybridized carbons (Fsp3) is 0.438. The molecule has 109 valence electrons. The van der Waals surface area contributed by atoms with Crippen LogP contribution in [0.25, 0.3) is 0 Å². The zero-order valence-electron chi connectivity index (χ0n) is 12.8. The van der Waals surface area contributed by atoms with Gasteiger partial charge in [0.1, 0.15) is 5.75 Å². The van der Waals surface area contributed by atoms with Crippen molar-refractivity contribution in [3.63, 3.8) is 0 Å². The van der Waals surface area contributed by atoms with Gasteiger partial charge in [-0.25, -0.2) is 0 Å². The highest BCUT2D eigenvalue weighted by molar-refractivity contribution is 7.90. The first-order valence-corrected chi connectivity index (χ1v) is 10.7. The van der Waals surface area contributed by atoms with Gasteiger partial charge in [-0.3, -0.25) is 0 Å². The molecule has 0 aliphatic heterocycles. The molecular weight excluding hydrogens is 282 g/mol. The molecule has 1 rings (SSSR count). The summed E-state index contributed by atoms with van der Waals surface area (Å²) in [6, 6.07) is 6.42. The van der Waals surface area contributed by atoms with E-state index >= 15 is 0 Å². The lowest BCUT2D eigenvalue weighted by Crippen LogP contribution is -2.27. The van der Waals surface area contributed by atoms with Crippen molar-refractivity contribution in [2.24, 2.45) is 10.3 Å². The van der Waals surface area contributed by atoms with E-state index in [1.54, 1.807) is 6.21 Å². The van der Waals surface area contributed by atoms with Gasteiger partial charge < -0.3 is 4.55 Å². The molecule has 0 aliphatic carbocycles. The minimum absolute atomic E-state index is 0.402. The second-order valence-electron chi connectivity index (χ2n) is 5.53. The van der Waals surface area contributed by atoms with Gasteiger partial charge in [-0.15, -0.1) is 6.58 Å². The summed E-state index contributed by atoms with van der Waals surface area (Å²) >= 11 is -1.12. The highest BCUT2D eigenvalue weighted by Gasteiger charge is 2.10. The van der Waals surface area contributed by atoms with Crippen molar-refractivity contribution in [3.05, 3.63) is 42.0 Å². The number of rotatable bonds is 7. The molecule has 0 saturated carbocycles. The number of hydrogen-bond acceptors (Lipinski definition) is 2. The minimum atomic E-state index is -1.12. The molecule has 1 atom stereocenters. The topological polar surface area (TPSA) is 35.4 Å². The Kier molecular flexibility index (Phi) is 7.27. The summed E-state index contributed by atoms with van der Waals surface area (Å²) < 4.78 is 16.0. The Morgan fingerprint density at radius 1 is 1.40 bits per heavy atom. The number of benzene rings is 1. The van der Waals surface area contributed by atoms with Crippen LogP contribution in [-0.2, 0) is 17.8 Å². The van der Waals surface area contributed by atoms with Crippen molar-refractivity contribution in [2.45, 2.75) is 33.4 Å². The fourth-order valence-corrected chi connectivity index (χ4v) is 3.97. The Morgan fingerprint density at radius 3 is 2.65 bits per heavy atom. The normalized spacial score (nSPS) is 13.3. The van der Waals surface area contributed by atoms with Gasteiger partial charge in [0.05, 0.1) is 26.4 Å². The SMILES string of the molecule is C=CCc1ccc(C=N[S+]([O-])CC(C)C)c([Si](C)C)c1. The molecule has 2 nitrogen and oxygen atoms in total. The van der Waals surface area contributed by atoms with E-state index < -0.39 is 20.2 Å². The number of allylic oxidation sites excluding steroid dienone is 1. The zero-order valence-corrected chi connectivity index (χ0v) is 14.7. The average Bonchev–Trinajstić information content (AvgIpc) is 2.36. The fourth-order valence-electron chi connectivity index (χ4n) is 1.89. The first-order valence-electron chi connectivity index (χ1n) is 6.91. The van der Waals surface area contributed by atoms with Crippen LogP contribution in [0.2, 0.25) is 13.1 Å². The Bertz CT molecular complexity index is 472. The molecule has 0 aromatic heterocycles. The van der Waals surface area contributed by atoms with Crippen LogP contribution in [0, 0.1) is 5.92 Å². The summed E-state index contributed by atoms with van der Waals surface area (Å²) in [6.45, 7) is 12.4. The van der Waals surface area contributed by atoms with Crippen LogP contribution >= 0.6 is 0 Å². The zero-order chi connectivity index (χ0) is 15.1. The summed E-state index contributed by atoms with van der Waals surface area (Å²) in [5.41, 5.74) is 2.38. The van der Waals surface area contributed by atoms with E-state index in [1.807, 2.05) is 6.08 Å². The molecule has 0 bridgehead atoms. The Hall–Kier alpha value is -0.843. The first-order chi connectivity index (χ1) is 9.43. The van der Waals surface area contributed by atoms with Crippen molar-refractivity contribution < 1.29 is 4.55 Å². The lowest BCUT2D eigenvalue weighted by Gasteiger charge is -2.11. The third-order valence-corrected chi connectivity index (χ3v) is 5.62. The second kappa shape index (κ2) is 8.45. The quantitative estimate of drug-likeness (QED) is 0.330. The van der Waals surface area contributed by atoms with Crippen LogP contribution in [0.15, 0.2) is 35.3 Å². The van der Waals surface area contributed by atoms with Crippen LogP contribution < -0.4 is 5.19 Å². The molecular formula is C16H24NOSSi. The third-order valence-electron chi connectivity index (χ3n) is 2.82. The molecule has 0 heterocycles. The van der Waals surface area contributed by atoms with Crippen LogP contribution in [0.5, 0.6) is 0 Å². The first kappa shape index (κ1) is 17.2. The van der Waals surface area contributed by atoms with Crippen molar-refractivity contribution in [2.75, 3.05) is 5.75 Å². The van der Waals surface area contributed by atoms with E-state index in [0.29, 0.717) is 11.7 Å². The standard InChI is InChI=1S/C16H24NOSSi/c1-6-7-14-8-9-15(16(10-14)20(4)5)11-17-19(18)12-13(2)3/h6,8-11,13H,1,7,12H2,2-5H3. The van der Waals surface area contributed by atoms with Gasteiger partial charge in [0.25, 0.3) is 0 Å². The molecule has 1 radical (unpaired) electrons. The van der Waals surface area contributed by atoms with E-state index in [9.17, 15) is 4.55 Å². The van der Waals surface area contributed by atoms with Gasteiger partial charge in [-0.2, -0.15) is 0 Å². The molecule has 0 fully saturated rings. The smallest absolute Gasteiger partial charge is 0.135 e. The van der Waals surface area contributed by atoms with Gasteiger partial charge in [0.2, 0.25) is 0 Å². The van der Waals surface area contributed by atoms with Gasteiger partial charge in [-0.05, 0) is 17.5 Å². The summed E-state index contributed by atoms with van der Waals surface area (Å²) in [5, 5.41) is 1.35. The van der Waals surface area contributed by atoms with Crippen LogP contribution in [0.3, 0.4) is 0 Å². The Labute approximate surface area is 127 Å². The average molecular weight is 307 g/mol. The van der Waals surface area contributed by atoms with Crippen LogP contribution in [0.4, 0.5) is 0 Å². The predicted molar refractivity (Wildman–Crippen MR) is 92.9 cm³/mol. The van der Waals surface area contributed by atoms with Crippen molar-refractivity contribution >= 4 is 31.6 Å². The molecule has 0 N–H and O–H groups in total. The van der Waals surface area contributed by atoms with Gasteiger partial charge in [0, 0.05) is 5.92 Å². The van der Waals surface area contributed by atoms with Crippen LogP contribution in [0.1, 0.15) is 25.0 Å². The summed E-state index contributed by atoms with van der Waals surface area (Å²) in [7, 11) is -0.576. The molecule has 0 spiro atoms. The number of nitrogens with zero attached hydrogens (tertiary/aromatic N) is 1. The summed E-state index contributed by atoms with van der Waals surface area (Å²) in [4.78, 5) is 0. The van der Waals surface area contributed by atoms with Gasteiger partial charge in [-0.1, -0.05) is 60.8 Å². The number of hydrogen-bond donors (Lipinski definition) is 0. The van der Waals surface area contributed by atoms with Crippen molar-refractivity contribution in [3.8, 4) is 0 Å². The molecule has 0 amide bonds. The maximum Gasteiger partial charge on any atom is 0.135 e. The molecule has 0 aliphatic rings. The minimum Gasteiger partial charge on any atom is -0.591 e. The van der Waals surface area contributed by atoms with Gasteiger partial charge in [0.15, 0.2) is 0 Å². The summed E-state index contributed by atoms with van der Waals surface area (Å²) in [5.74, 6) is 1.02. The Morgan fingerprint density at radius 2 is 2.10 bits per heavy atom. The van der Waals surface area contributed by atoms with E-state index in [-0.39, 0.29) is 0 Å². The highest BCUT2D eigenvalue weighted by Crippen LogP contribution is 2.06. The Balaban J connectivity index is 2.93. The predicted octanol–water partition coefficient (Wildman–Crippen LogP) is 3.12. The third kappa shape index (κ3) is 5.65. The van der Waals surface area contributed by atoms with Gasteiger partial charge >= 0.3 is 0 Å². The molecule has 0 saturated heterocycles. The van der Waals surface area contributed by atoms with Crippen molar-refractivity contribution in [1.82, 2.24) is 0 Å². The molecule has 1 aromatic carbocycles. The monoisotopic (exact) mass is 306 g/mol. The largest absolute Gasteiger partial charge is 0.591 e. The van der Waals surface area contributed by atoms with E-state index in [2.05, 4.69) is 56.1 Å². The maximum absolute atomic E-state index is 11.8. The molecule has 1 aromatic rings. The highest BCUT2D eigenvalue weighted by atomic mass is 32.2. The second-order valence-corrected chi connectivity index (χ2v) is 9.26. The molecule has 1 unspecified atom stereocenters.